The highest BCUT2D eigenvalue weighted by Gasteiger charge is 2.23. The molecule has 5 heteroatoms. The molecule has 0 radical (unpaired) electrons. The third kappa shape index (κ3) is 5.91. The molecular weight excluding hydrogens is 290 g/mol. The molecule has 124 valence electrons. The van der Waals surface area contributed by atoms with Crippen molar-refractivity contribution < 1.29 is 9.53 Å². The number of nitriles is 1. The molecular formula is C18H25N3O2. The van der Waals surface area contributed by atoms with E-state index in [1.165, 1.54) is 5.56 Å². The van der Waals surface area contributed by atoms with E-state index in [9.17, 15) is 4.79 Å². The van der Waals surface area contributed by atoms with Crippen molar-refractivity contribution in [2.45, 2.75) is 51.8 Å². The van der Waals surface area contributed by atoms with Crippen molar-refractivity contribution in [2.75, 3.05) is 13.1 Å². The van der Waals surface area contributed by atoms with E-state index in [4.69, 9.17) is 10.00 Å². The maximum absolute atomic E-state index is 11.8. The number of alkyl carbamates (subject to hydrolysis) is 1. The molecule has 0 bridgehead atoms. The zero-order valence-corrected chi connectivity index (χ0v) is 14.1. The number of likely N-dealkylation sites (tertiary alicyclic amines) is 1. The van der Waals surface area contributed by atoms with Gasteiger partial charge in [0.25, 0.3) is 0 Å². The lowest BCUT2D eigenvalue weighted by Crippen LogP contribution is -2.45. The van der Waals surface area contributed by atoms with Gasteiger partial charge in [0, 0.05) is 25.7 Å². The summed E-state index contributed by atoms with van der Waals surface area (Å²) < 4.78 is 5.29. The highest BCUT2D eigenvalue weighted by molar-refractivity contribution is 5.68. The zero-order chi connectivity index (χ0) is 16.9. The van der Waals surface area contributed by atoms with Gasteiger partial charge < -0.3 is 10.1 Å². The fourth-order valence-electron chi connectivity index (χ4n) is 2.65. The van der Waals surface area contributed by atoms with E-state index in [0.29, 0.717) is 5.56 Å². The first-order valence-corrected chi connectivity index (χ1v) is 8.06. The maximum Gasteiger partial charge on any atom is 0.407 e. The molecule has 1 amide bonds. The Bertz CT molecular complexity index is 561. The van der Waals surface area contributed by atoms with Crippen LogP contribution in [0, 0.1) is 11.3 Å². The van der Waals surface area contributed by atoms with E-state index in [2.05, 4.69) is 16.3 Å². The second-order valence-electron chi connectivity index (χ2n) is 7.01. The number of hydrogen-bond acceptors (Lipinski definition) is 4. The molecule has 1 saturated heterocycles. The summed E-state index contributed by atoms with van der Waals surface area (Å²) in [6.45, 7) is 8.37. The van der Waals surface area contributed by atoms with Gasteiger partial charge in [-0.25, -0.2) is 4.79 Å². The van der Waals surface area contributed by atoms with Crippen LogP contribution in [0.2, 0.25) is 0 Å². The molecule has 0 saturated carbocycles. The van der Waals surface area contributed by atoms with E-state index in [-0.39, 0.29) is 12.1 Å². The highest BCUT2D eigenvalue weighted by atomic mass is 16.6. The first kappa shape index (κ1) is 17.3. The predicted molar refractivity (Wildman–Crippen MR) is 88.8 cm³/mol. The van der Waals surface area contributed by atoms with E-state index in [0.717, 1.165) is 32.5 Å². The number of ether oxygens (including phenoxy) is 1. The molecule has 5 nitrogen and oxygen atoms in total. The van der Waals surface area contributed by atoms with Crippen molar-refractivity contribution in [2.24, 2.45) is 0 Å². The molecule has 2 rings (SSSR count). The molecule has 23 heavy (non-hydrogen) atoms. The number of hydrogen-bond donors (Lipinski definition) is 1. The first-order chi connectivity index (χ1) is 10.9. The molecule has 1 aliphatic heterocycles. The molecule has 1 fully saturated rings. The van der Waals surface area contributed by atoms with Crippen molar-refractivity contribution in [3.63, 3.8) is 0 Å². The number of rotatable bonds is 3. The summed E-state index contributed by atoms with van der Waals surface area (Å²) in [5.41, 5.74) is 1.44. The number of nitrogens with one attached hydrogen (secondary N) is 1. The van der Waals surface area contributed by atoms with Gasteiger partial charge in [0.05, 0.1) is 11.6 Å². The Labute approximate surface area is 138 Å². The van der Waals surface area contributed by atoms with E-state index in [1.807, 2.05) is 45.0 Å². The Morgan fingerprint density at radius 3 is 2.43 bits per heavy atom. The van der Waals surface area contributed by atoms with Gasteiger partial charge in [0.1, 0.15) is 5.60 Å². The van der Waals surface area contributed by atoms with Gasteiger partial charge in [-0.05, 0) is 51.3 Å². The second-order valence-corrected chi connectivity index (χ2v) is 7.01. The largest absolute Gasteiger partial charge is 0.444 e. The molecule has 1 aromatic carbocycles. The van der Waals surface area contributed by atoms with Crippen LogP contribution in [0.25, 0.3) is 0 Å². The van der Waals surface area contributed by atoms with E-state index >= 15 is 0 Å². The van der Waals surface area contributed by atoms with Crippen LogP contribution in [0.1, 0.15) is 44.7 Å². The number of benzene rings is 1. The standard InChI is InChI=1S/C18H25N3O2/c1-18(2,3)23-17(22)20-16-8-10-21(11-9-16)13-15-6-4-14(12-19)5-7-15/h4-7,16H,8-11,13H2,1-3H3,(H,20,22). The summed E-state index contributed by atoms with van der Waals surface area (Å²) >= 11 is 0. The maximum atomic E-state index is 11.8. The Balaban J connectivity index is 1.75. The fourth-order valence-corrected chi connectivity index (χ4v) is 2.65. The number of amides is 1. The summed E-state index contributed by atoms with van der Waals surface area (Å²) in [6, 6.07) is 10.0. The van der Waals surface area contributed by atoms with Gasteiger partial charge in [0.2, 0.25) is 0 Å². The smallest absolute Gasteiger partial charge is 0.407 e. The van der Waals surface area contributed by atoms with Crippen molar-refractivity contribution in [1.29, 1.82) is 5.26 Å². The third-order valence-corrected chi connectivity index (χ3v) is 3.80. The first-order valence-electron chi connectivity index (χ1n) is 8.06. The van der Waals surface area contributed by atoms with Gasteiger partial charge in [0.15, 0.2) is 0 Å². The zero-order valence-electron chi connectivity index (χ0n) is 14.1. The predicted octanol–water partition coefficient (Wildman–Crippen LogP) is 3.05. The van der Waals surface area contributed by atoms with Crippen molar-refractivity contribution in [1.82, 2.24) is 10.2 Å². The van der Waals surface area contributed by atoms with E-state index < -0.39 is 5.60 Å². The van der Waals surface area contributed by atoms with Gasteiger partial charge in [-0.15, -0.1) is 0 Å². The summed E-state index contributed by atoms with van der Waals surface area (Å²) in [6.07, 6.45) is 1.52. The molecule has 0 unspecified atom stereocenters. The topological polar surface area (TPSA) is 65.4 Å². The minimum absolute atomic E-state index is 0.182. The minimum atomic E-state index is -0.458. The van der Waals surface area contributed by atoms with Crippen LogP contribution in [0.3, 0.4) is 0 Å². The lowest BCUT2D eigenvalue weighted by molar-refractivity contribution is 0.0477. The summed E-state index contributed by atoms with van der Waals surface area (Å²) in [4.78, 5) is 14.2. The number of carbonyl (C=O) groups is 1. The van der Waals surface area contributed by atoms with Crippen LogP contribution < -0.4 is 5.32 Å². The molecule has 0 spiro atoms. The Hall–Kier alpha value is -2.06. The number of nitrogens with zero attached hydrogens (tertiary/aromatic N) is 2. The molecule has 1 N–H and O–H groups in total. The third-order valence-electron chi connectivity index (χ3n) is 3.80. The Morgan fingerprint density at radius 1 is 1.30 bits per heavy atom. The normalized spacial score (nSPS) is 16.6. The minimum Gasteiger partial charge on any atom is -0.444 e. The lowest BCUT2D eigenvalue weighted by Gasteiger charge is -2.32. The van der Waals surface area contributed by atoms with Crippen LogP contribution in [-0.4, -0.2) is 35.7 Å². The van der Waals surface area contributed by atoms with Crippen LogP contribution in [-0.2, 0) is 11.3 Å². The monoisotopic (exact) mass is 315 g/mol. The van der Waals surface area contributed by atoms with Gasteiger partial charge in [-0.1, -0.05) is 12.1 Å². The fraction of sp³-hybridized carbons (Fsp3) is 0.556. The van der Waals surface area contributed by atoms with Gasteiger partial charge in [-0.3, -0.25) is 4.90 Å². The van der Waals surface area contributed by atoms with Crippen LogP contribution in [0.15, 0.2) is 24.3 Å². The molecule has 1 aliphatic rings. The number of carbonyl (C=O) groups excluding carboxylic acids is 1. The van der Waals surface area contributed by atoms with Crippen molar-refractivity contribution >= 4 is 6.09 Å². The lowest BCUT2D eigenvalue weighted by atomic mass is 10.0. The van der Waals surface area contributed by atoms with Crippen molar-refractivity contribution in [3.8, 4) is 6.07 Å². The number of piperidine rings is 1. The second kappa shape index (κ2) is 7.47. The van der Waals surface area contributed by atoms with Crippen LogP contribution >= 0.6 is 0 Å². The Kier molecular flexibility index (Phi) is 5.62. The van der Waals surface area contributed by atoms with Gasteiger partial charge in [-0.2, -0.15) is 5.26 Å². The molecule has 0 aliphatic carbocycles. The summed E-state index contributed by atoms with van der Waals surface area (Å²) in [5.74, 6) is 0. The summed E-state index contributed by atoms with van der Waals surface area (Å²) in [7, 11) is 0. The average Bonchev–Trinajstić information content (AvgIpc) is 2.48. The van der Waals surface area contributed by atoms with Crippen molar-refractivity contribution in [3.05, 3.63) is 35.4 Å². The van der Waals surface area contributed by atoms with Crippen LogP contribution in [0.4, 0.5) is 4.79 Å². The highest BCUT2D eigenvalue weighted by Crippen LogP contribution is 2.15. The quantitative estimate of drug-likeness (QED) is 0.931. The molecule has 0 aromatic heterocycles. The van der Waals surface area contributed by atoms with E-state index in [1.54, 1.807) is 0 Å². The van der Waals surface area contributed by atoms with Gasteiger partial charge >= 0.3 is 6.09 Å². The van der Waals surface area contributed by atoms with Crippen LogP contribution in [0.5, 0.6) is 0 Å². The molecule has 1 aromatic rings. The molecule has 1 heterocycles. The average molecular weight is 315 g/mol. The molecule has 0 atom stereocenters. The summed E-state index contributed by atoms with van der Waals surface area (Å²) in [5, 5.41) is 11.8. The SMILES string of the molecule is CC(C)(C)OC(=O)NC1CCN(Cc2ccc(C#N)cc2)CC1. The Morgan fingerprint density at radius 2 is 1.91 bits per heavy atom.